The molecule has 0 unspecified atom stereocenters. The predicted molar refractivity (Wildman–Crippen MR) is 119 cm³/mol. The minimum atomic E-state index is -0.556. The van der Waals surface area contributed by atoms with Gasteiger partial charge >= 0.3 is 0 Å². The van der Waals surface area contributed by atoms with Crippen LogP contribution in [0.1, 0.15) is 57.5 Å². The van der Waals surface area contributed by atoms with Gasteiger partial charge in [-0.05, 0) is 47.1 Å². The summed E-state index contributed by atoms with van der Waals surface area (Å²) in [5.74, 6) is 0.482. The summed E-state index contributed by atoms with van der Waals surface area (Å²) in [6.45, 7) is 0.274. The Morgan fingerprint density at radius 3 is 2.65 bits per heavy atom. The molecule has 156 valence electrons. The maximum atomic E-state index is 12.6. The molecule has 31 heavy (non-hydrogen) atoms. The van der Waals surface area contributed by atoms with Gasteiger partial charge in [-0.25, -0.2) is 0 Å². The number of carbonyl (C=O) groups excluding carboxylic acids is 1. The van der Waals surface area contributed by atoms with Crippen LogP contribution in [-0.4, -0.2) is 22.4 Å². The van der Waals surface area contributed by atoms with Crippen molar-refractivity contribution in [3.63, 3.8) is 0 Å². The second-order valence-electron chi connectivity index (χ2n) is 8.25. The zero-order valence-electron chi connectivity index (χ0n) is 16.7. The van der Waals surface area contributed by atoms with Gasteiger partial charge in [-0.1, -0.05) is 36.4 Å². The number of benzene rings is 2. The van der Waals surface area contributed by atoms with E-state index in [1.54, 1.807) is 10.9 Å². The first-order valence-electron chi connectivity index (χ1n) is 10.5. The van der Waals surface area contributed by atoms with Gasteiger partial charge in [0.05, 0.1) is 6.04 Å². The molecule has 6 nitrogen and oxygen atoms in total. The average Bonchev–Trinajstić information content (AvgIpc) is 3.63. The highest BCUT2D eigenvalue weighted by Gasteiger charge is 2.38. The molecule has 1 saturated carbocycles. The molecule has 0 saturated heterocycles. The number of nitrogens with one attached hydrogen (secondary N) is 1. The van der Waals surface area contributed by atoms with Crippen LogP contribution in [0.5, 0.6) is 5.75 Å². The van der Waals surface area contributed by atoms with Crippen LogP contribution in [-0.2, 0) is 5.75 Å². The Bertz CT molecular complexity index is 1280. The number of nitrogens with zero attached hydrogens (tertiary/aromatic N) is 2. The van der Waals surface area contributed by atoms with Crippen molar-refractivity contribution in [2.24, 2.45) is 0 Å². The fourth-order valence-electron chi connectivity index (χ4n) is 4.77. The van der Waals surface area contributed by atoms with Crippen LogP contribution in [0, 0.1) is 0 Å². The number of hydrogen-bond acceptors (Lipinski definition) is 5. The van der Waals surface area contributed by atoms with Gasteiger partial charge in [0.25, 0.3) is 5.91 Å². The standard InChI is InChI=1S/C24H21N3O3S/c28-18-10-11-26-22(23(18)29)24(30)25-13-27(26)21-17-5-1-2-7-19(17)31-12-15-4-3-6-16(20(15)21)14-8-9-14/h1-7,10-11,14,21,29H,8-9,12-13H2,(H,25,30)/t21-/m1/s1. The number of aromatic hydroxyl groups is 1. The quantitative estimate of drug-likeness (QED) is 0.650. The highest BCUT2D eigenvalue weighted by Crippen LogP contribution is 2.49. The lowest BCUT2D eigenvalue weighted by molar-refractivity contribution is 0.0915. The lowest BCUT2D eigenvalue weighted by Gasteiger charge is -2.40. The third-order valence-electron chi connectivity index (χ3n) is 6.36. The predicted octanol–water partition coefficient (Wildman–Crippen LogP) is 3.47. The van der Waals surface area contributed by atoms with E-state index in [2.05, 4.69) is 41.7 Å². The largest absolute Gasteiger partial charge is 0.502 e. The number of pyridine rings is 1. The molecule has 3 aromatic rings. The summed E-state index contributed by atoms with van der Waals surface area (Å²) in [6.07, 6.45) is 3.98. The molecular weight excluding hydrogens is 410 g/mol. The van der Waals surface area contributed by atoms with Crippen molar-refractivity contribution in [3.05, 3.63) is 92.9 Å². The third-order valence-corrected chi connectivity index (χ3v) is 7.50. The summed E-state index contributed by atoms with van der Waals surface area (Å²) in [4.78, 5) is 25.8. The smallest absolute Gasteiger partial charge is 0.275 e. The maximum Gasteiger partial charge on any atom is 0.275 e. The van der Waals surface area contributed by atoms with Gasteiger partial charge in [-0.3, -0.25) is 19.3 Å². The number of fused-ring (bicyclic) bond motifs is 3. The van der Waals surface area contributed by atoms with E-state index in [0.717, 1.165) is 5.75 Å². The Morgan fingerprint density at radius 2 is 1.81 bits per heavy atom. The Balaban J connectivity index is 1.63. The number of thioether (sulfide) groups is 1. The fourth-order valence-corrected chi connectivity index (χ4v) is 5.86. The molecule has 1 aliphatic carbocycles. The van der Waals surface area contributed by atoms with E-state index in [4.69, 9.17) is 0 Å². The van der Waals surface area contributed by atoms with Gasteiger partial charge in [0, 0.05) is 22.9 Å². The van der Waals surface area contributed by atoms with Crippen molar-refractivity contribution in [3.8, 4) is 5.75 Å². The van der Waals surface area contributed by atoms with Gasteiger partial charge in [-0.15, -0.1) is 11.8 Å². The Labute approximate surface area is 183 Å². The summed E-state index contributed by atoms with van der Waals surface area (Å²) >= 11 is 1.83. The van der Waals surface area contributed by atoms with Gasteiger partial charge in [0.15, 0.2) is 11.4 Å². The summed E-state index contributed by atoms with van der Waals surface area (Å²) in [5, 5.41) is 15.3. The minimum Gasteiger partial charge on any atom is -0.502 e. The summed E-state index contributed by atoms with van der Waals surface area (Å²) in [6, 6.07) is 16.1. The Kier molecular flexibility index (Phi) is 4.14. The van der Waals surface area contributed by atoms with Crippen LogP contribution in [0.2, 0.25) is 0 Å². The highest BCUT2D eigenvalue weighted by atomic mass is 32.2. The van der Waals surface area contributed by atoms with Crippen molar-refractivity contribution in [1.82, 2.24) is 9.99 Å². The van der Waals surface area contributed by atoms with Gasteiger partial charge in [0.2, 0.25) is 5.43 Å². The van der Waals surface area contributed by atoms with E-state index in [1.807, 2.05) is 22.8 Å². The zero-order valence-corrected chi connectivity index (χ0v) is 17.6. The first-order chi connectivity index (χ1) is 15.1. The number of hydrogen-bond donors (Lipinski definition) is 2. The van der Waals surface area contributed by atoms with Crippen LogP contribution >= 0.6 is 11.8 Å². The highest BCUT2D eigenvalue weighted by molar-refractivity contribution is 7.98. The van der Waals surface area contributed by atoms with E-state index >= 15 is 0 Å². The summed E-state index contributed by atoms with van der Waals surface area (Å²) in [5.41, 5.74) is 4.53. The maximum absolute atomic E-state index is 12.6. The first-order valence-corrected chi connectivity index (χ1v) is 11.4. The average molecular weight is 432 g/mol. The number of amides is 1. The van der Waals surface area contributed by atoms with Gasteiger partial charge in [0.1, 0.15) is 6.67 Å². The van der Waals surface area contributed by atoms with E-state index in [9.17, 15) is 14.7 Å². The van der Waals surface area contributed by atoms with Crippen molar-refractivity contribution >= 4 is 17.7 Å². The molecule has 0 radical (unpaired) electrons. The SMILES string of the molecule is O=C1NCN([C@@H]2c3ccccc3SCc3cccc(C4CC4)c32)n2ccc(=O)c(O)c21. The topological polar surface area (TPSA) is 74.6 Å². The van der Waals surface area contributed by atoms with E-state index in [-0.39, 0.29) is 18.4 Å². The van der Waals surface area contributed by atoms with Gasteiger partial charge in [-0.2, -0.15) is 0 Å². The van der Waals surface area contributed by atoms with Crippen LogP contribution in [0.15, 0.2) is 64.4 Å². The van der Waals surface area contributed by atoms with Crippen molar-refractivity contribution in [2.45, 2.75) is 35.4 Å². The van der Waals surface area contributed by atoms with Crippen molar-refractivity contribution in [2.75, 3.05) is 11.7 Å². The molecule has 1 atom stereocenters. The Hall–Kier alpha value is -3.19. The molecule has 7 heteroatoms. The molecular formula is C24H21N3O3S. The lowest BCUT2D eigenvalue weighted by atomic mass is 9.88. The minimum absolute atomic E-state index is 0.0152. The van der Waals surface area contributed by atoms with Crippen molar-refractivity contribution < 1.29 is 9.90 Å². The van der Waals surface area contributed by atoms with Crippen LogP contribution < -0.4 is 15.8 Å². The fraction of sp³-hybridized carbons (Fsp3) is 0.250. The van der Waals surface area contributed by atoms with Gasteiger partial charge < -0.3 is 10.4 Å². The van der Waals surface area contributed by atoms with Crippen LogP contribution in [0.3, 0.4) is 0 Å². The van der Waals surface area contributed by atoms with E-state index in [1.165, 1.54) is 46.1 Å². The zero-order chi connectivity index (χ0) is 21.1. The molecule has 2 aromatic carbocycles. The first kappa shape index (κ1) is 18.6. The van der Waals surface area contributed by atoms with Crippen LogP contribution in [0.25, 0.3) is 0 Å². The molecule has 1 aromatic heterocycles. The number of carbonyl (C=O) groups is 1. The van der Waals surface area contributed by atoms with E-state index in [0.29, 0.717) is 5.92 Å². The molecule has 3 aliphatic rings. The molecule has 0 spiro atoms. The lowest BCUT2D eigenvalue weighted by Crippen LogP contribution is -2.53. The van der Waals surface area contributed by atoms with E-state index < -0.39 is 17.1 Å². The third kappa shape index (κ3) is 2.87. The monoisotopic (exact) mass is 431 g/mol. The molecule has 2 N–H and O–H groups in total. The van der Waals surface area contributed by atoms with Crippen molar-refractivity contribution in [1.29, 1.82) is 0 Å². The second-order valence-corrected chi connectivity index (χ2v) is 9.27. The molecule has 2 aliphatic heterocycles. The molecule has 0 bridgehead atoms. The molecule has 6 rings (SSSR count). The molecule has 1 fully saturated rings. The normalized spacial score (nSPS) is 19.7. The summed E-state index contributed by atoms with van der Waals surface area (Å²) in [7, 11) is 0. The van der Waals surface area contributed by atoms with Crippen LogP contribution in [0.4, 0.5) is 0 Å². The molecule has 3 heterocycles. The number of aromatic nitrogens is 1. The second kappa shape index (κ2) is 6.92. The summed E-state index contributed by atoms with van der Waals surface area (Å²) < 4.78 is 1.65. The Morgan fingerprint density at radius 1 is 1.00 bits per heavy atom. The number of rotatable bonds is 2. The molecule has 1 amide bonds.